The van der Waals surface area contributed by atoms with E-state index in [1.54, 1.807) is 0 Å². The van der Waals surface area contributed by atoms with Gasteiger partial charge in [0.2, 0.25) is 0 Å². The molecule has 0 saturated heterocycles. The van der Waals surface area contributed by atoms with Crippen LogP contribution in [0, 0.1) is 6.92 Å². The Kier molecular flexibility index (Phi) is 12.0. The van der Waals surface area contributed by atoms with Gasteiger partial charge in [0.1, 0.15) is 21.3 Å². The van der Waals surface area contributed by atoms with Crippen molar-refractivity contribution in [3.63, 3.8) is 0 Å². The van der Waals surface area contributed by atoms with Crippen LogP contribution in [-0.2, 0) is 4.37 Å². The number of nitrogens with zero attached hydrogens (tertiary/aromatic N) is 1. The molecule has 0 aliphatic carbocycles. The van der Waals surface area contributed by atoms with Crippen LogP contribution in [0.3, 0.4) is 0 Å². The molecule has 0 unspecified atom stereocenters. The molecule has 2 nitrogen and oxygen atoms in total. The van der Waals surface area contributed by atoms with Gasteiger partial charge in [0.15, 0.2) is 0 Å². The summed E-state index contributed by atoms with van der Waals surface area (Å²) >= 11 is 0. The predicted octanol–water partition coefficient (Wildman–Crippen LogP) is 1.53. The van der Waals surface area contributed by atoms with Crippen molar-refractivity contribution in [2.24, 2.45) is 0 Å². The lowest BCUT2D eigenvalue weighted by Gasteiger charge is -2.16. The zero-order chi connectivity index (χ0) is 17.3. The van der Waals surface area contributed by atoms with Gasteiger partial charge in [0.25, 0.3) is 0 Å². The monoisotopic (exact) mass is 333 g/mol. The Labute approximate surface area is 136 Å². The number of anilines is 1. The summed E-state index contributed by atoms with van der Waals surface area (Å²) in [6, 6.07) is 12.9. The zero-order valence-corrected chi connectivity index (χ0v) is 14.4. The van der Waals surface area contributed by atoms with Crippen LogP contribution in [0.1, 0.15) is 5.56 Å². The van der Waals surface area contributed by atoms with E-state index in [1.165, 1.54) is 22.0 Å². The van der Waals surface area contributed by atoms with E-state index in [1.807, 2.05) is 21.3 Å². The molecule has 0 saturated carbocycles. The Morgan fingerprint density at radius 3 is 1.70 bits per heavy atom. The quantitative estimate of drug-likeness (QED) is 0.436. The molecule has 0 aromatic heterocycles. The summed E-state index contributed by atoms with van der Waals surface area (Å²) in [6.07, 6.45) is 0. The van der Waals surface area contributed by atoms with Gasteiger partial charge in [-0.1, -0.05) is 30.3 Å². The Balaban J connectivity index is 0. The second kappa shape index (κ2) is 11.8. The summed E-state index contributed by atoms with van der Waals surface area (Å²) < 4.78 is 31.6. The van der Waals surface area contributed by atoms with Gasteiger partial charge in [-0.3, -0.25) is 12.9 Å². The maximum absolute atomic E-state index is 9.67. The molecule has 0 N–H and O–H groups in total. The largest absolute Gasteiger partial charge is 1.00 e. The topological polar surface area (TPSA) is 5.94 Å². The SMILES string of the molecule is C[O+](C)C.Cc1cccc2cccc(N(C)C)c12.FB(F)F.[F-]. The van der Waals surface area contributed by atoms with Crippen molar-refractivity contribution in [1.82, 2.24) is 0 Å². The minimum Gasteiger partial charge on any atom is -1.00 e. The predicted molar refractivity (Wildman–Crippen MR) is 90.9 cm³/mol. The lowest BCUT2D eigenvalue weighted by atomic mass is 10.0. The molecular formula is C16H24BF4NO. The van der Waals surface area contributed by atoms with Crippen LogP contribution < -0.4 is 9.60 Å². The molecule has 2 aromatic rings. The molecule has 7 heteroatoms. The van der Waals surface area contributed by atoms with Crippen molar-refractivity contribution >= 4 is 24.0 Å². The number of hydrogen-bond donors (Lipinski definition) is 0. The van der Waals surface area contributed by atoms with Gasteiger partial charge in [0, 0.05) is 25.2 Å². The molecular weight excluding hydrogens is 309 g/mol. The average Bonchev–Trinajstić information content (AvgIpc) is 2.37. The van der Waals surface area contributed by atoms with Crippen molar-refractivity contribution in [2.75, 3.05) is 40.3 Å². The number of benzene rings is 2. The Morgan fingerprint density at radius 1 is 0.913 bits per heavy atom. The summed E-state index contributed by atoms with van der Waals surface area (Å²) in [6.45, 7) is 2.16. The maximum Gasteiger partial charge on any atom is 0.762 e. The van der Waals surface area contributed by atoms with Crippen molar-refractivity contribution in [2.45, 2.75) is 6.92 Å². The first-order valence-electron chi connectivity index (χ1n) is 6.74. The van der Waals surface area contributed by atoms with Gasteiger partial charge in [-0.05, 0) is 23.9 Å². The molecule has 0 amide bonds. The summed E-state index contributed by atoms with van der Waals surface area (Å²) in [7, 11) is 6.25. The van der Waals surface area contributed by atoms with E-state index in [0.29, 0.717) is 0 Å². The fourth-order valence-corrected chi connectivity index (χ4v) is 1.88. The van der Waals surface area contributed by atoms with Crippen molar-refractivity contribution < 1.29 is 22.0 Å². The zero-order valence-electron chi connectivity index (χ0n) is 14.4. The van der Waals surface area contributed by atoms with Crippen LogP contribution in [0.25, 0.3) is 10.8 Å². The molecule has 0 heterocycles. The summed E-state index contributed by atoms with van der Waals surface area (Å²) in [5, 5.41) is 2.68. The number of halogens is 4. The van der Waals surface area contributed by atoms with Gasteiger partial charge >= 0.3 is 7.54 Å². The molecule has 0 aliphatic heterocycles. The van der Waals surface area contributed by atoms with Crippen LogP contribution in [0.15, 0.2) is 36.4 Å². The van der Waals surface area contributed by atoms with E-state index in [9.17, 15) is 12.9 Å². The molecule has 2 rings (SSSR count). The Hall–Kier alpha value is -1.76. The van der Waals surface area contributed by atoms with Crippen LogP contribution in [0.2, 0.25) is 0 Å². The number of hydrogen-bond acceptors (Lipinski definition) is 1. The molecule has 0 atom stereocenters. The standard InChI is InChI=1S/C13H15N.C3H9O.BF3.FH/c1-10-6-4-7-11-8-5-9-12(13(10)11)14(2)3;1-4(2)3;2-1(3)4;/h4-9H,1-3H3;1-3H3;;1H/q;+1;;/p-1. The lowest BCUT2D eigenvalue weighted by Crippen LogP contribution is -3.00. The van der Waals surface area contributed by atoms with Gasteiger partial charge < -0.3 is 14.0 Å². The molecule has 2 aromatic carbocycles. The van der Waals surface area contributed by atoms with Crippen LogP contribution in [-0.4, -0.2) is 43.0 Å². The first-order chi connectivity index (χ1) is 10.2. The third-order valence-electron chi connectivity index (χ3n) is 2.57. The van der Waals surface area contributed by atoms with Crippen LogP contribution in [0.4, 0.5) is 18.6 Å². The molecule has 0 aliphatic rings. The summed E-state index contributed by atoms with van der Waals surface area (Å²) in [4.78, 5) is 2.16. The Bertz CT molecular complexity index is 548. The summed E-state index contributed by atoms with van der Waals surface area (Å²) in [5.41, 5.74) is 2.63. The second-order valence-electron chi connectivity index (χ2n) is 5.32. The van der Waals surface area contributed by atoms with E-state index < -0.39 is 7.54 Å². The van der Waals surface area contributed by atoms with E-state index in [0.717, 1.165) is 0 Å². The normalized spacial score (nSPS) is 9.13. The first-order valence-corrected chi connectivity index (χ1v) is 6.74. The van der Waals surface area contributed by atoms with Gasteiger partial charge in [-0.25, -0.2) is 0 Å². The smallest absolute Gasteiger partial charge is 0.762 e. The van der Waals surface area contributed by atoms with Crippen molar-refractivity contribution in [3.8, 4) is 0 Å². The minimum absolute atomic E-state index is 0. The molecule has 0 fully saturated rings. The molecule has 130 valence electrons. The Morgan fingerprint density at radius 2 is 1.30 bits per heavy atom. The number of fused-ring (bicyclic) bond motifs is 1. The average molecular weight is 333 g/mol. The van der Waals surface area contributed by atoms with E-state index in [-0.39, 0.29) is 4.70 Å². The molecule has 0 radical (unpaired) electrons. The fraction of sp³-hybridized carbons (Fsp3) is 0.375. The van der Waals surface area contributed by atoms with Gasteiger partial charge in [0.05, 0.1) is 0 Å². The van der Waals surface area contributed by atoms with Crippen LogP contribution in [0.5, 0.6) is 0 Å². The number of rotatable bonds is 1. The highest BCUT2D eigenvalue weighted by Gasteiger charge is 2.06. The van der Waals surface area contributed by atoms with Crippen molar-refractivity contribution in [1.29, 1.82) is 0 Å². The minimum atomic E-state index is -3.67. The molecule has 23 heavy (non-hydrogen) atoms. The van der Waals surface area contributed by atoms with Crippen LogP contribution >= 0.6 is 0 Å². The molecule has 0 bridgehead atoms. The summed E-state index contributed by atoms with van der Waals surface area (Å²) in [5.74, 6) is 0. The lowest BCUT2D eigenvalue weighted by molar-refractivity contribution is -0.00282. The third-order valence-corrected chi connectivity index (χ3v) is 2.57. The fourth-order valence-electron chi connectivity index (χ4n) is 1.88. The van der Waals surface area contributed by atoms with Gasteiger partial charge in [-0.15, -0.1) is 0 Å². The number of aryl methyl sites for hydroxylation is 1. The van der Waals surface area contributed by atoms with E-state index >= 15 is 0 Å². The third kappa shape index (κ3) is 9.78. The first kappa shape index (κ1) is 23.5. The van der Waals surface area contributed by atoms with Gasteiger partial charge in [-0.2, -0.15) is 0 Å². The highest BCUT2D eigenvalue weighted by Crippen LogP contribution is 2.27. The van der Waals surface area contributed by atoms with Crippen molar-refractivity contribution in [3.05, 3.63) is 42.0 Å². The van der Waals surface area contributed by atoms with E-state index in [2.05, 4.69) is 66.7 Å². The second-order valence-corrected chi connectivity index (χ2v) is 5.32. The molecule has 0 spiro atoms. The maximum atomic E-state index is 9.67. The highest BCUT2D eigenvalue weighted by atomic mass is 19.4. The highest BCUT2D eigenvalue weighted by molar-refractivity contribution is 6.33. The van der Waals surface area contributed by atoms with E-state index in [4.69, 9.17) is 0 Å².